The number of imide groups is 1. The van der Waals surface area contributed by atoms with E-state index in [9.17, 15) is 31.6 Å². The lowest BCUT2D eigenvalue weighted by molar-refractivity contribution is -0.377. The number of aromatic nitrogens is 1. The number of hydrogen-bond donors (Lipinski definition) is 0. The molecule has 1 aromatic heterocycles. The van der Waals surface area contributed by atoms with Gasteiger partial charge in [0.25, 0.3) is 11.8 Å². The third-order valence-corrected chi connectivity index (χ3v) is 11.0. The van der Waals surface area contributed by atoms with Crippen LogP contribution in [0.3, 0.4) is 0 Å². The van der Waals surface area contributed by atoms with Gasteiger partial charge in [-0.2, -0.15) is 8.78 Å². The van der Waals surface area contributed by atoms with Crippen molar-refractivity contribution in [3.8, 4) is 11.5 Å². The van der Waals surface area contributed by atoms with Crippen LogP contribution in [-0.2, 0) is 26.0 Å². The van der Waals surface area contributed by atoms with Crippen molar-refractivity contribution in [2.75, 3.05) is 49.9 Å². The second kappa shape index (κ2) is 16.9. The summed E-state index contributed by atoms with van der Waals surface area (Å²) in [5.41, 5.74) is 0.910. The number of fused-ring (bicyclic) bond motifs is 1. The lowest BCUT2D eigenvalue weighted by atomic mass is 10.0. The van der Waals surface area contributed by atoms with E-state index in [-0.39, 0.29) is 69.3 Å². The molecule has 6 rings (SSSR count). The Morgan fingerprint density at radius 2 is 1.68 bits per heavy atom. The molecule has 2 N–H and O–H groups in total. The number of anilines is 1. The third kappa shape index (κ3) is 9.72. The minimum absolute atomic E-state index is 0. The number of carbonyl (C=O) groups is 3. The highest BCUT2D eigenvalue weighted by molar-refractivity contribution is 7.92. The highest BCUT2D eigenvalue weighted by Gasteiger charge is 2.39. The molecule has 3 aliphatic rings. The van der Waals surface area contributed by atoms with Crippen molar-refractivity contribution in [3.05, 3.63) is 81.1 Å². The number of likely N-dealkylation sites (tertiary alicyclic amines) is 1. The summed E-state index contributed by atoms with van der Waals surface area (Å²) in [6, 6.07) is 8.31. The van der Waals surface area contributed by atoms with Gasteiger partial charge in [-0.25, -0.2) is 13.4 Å². The zero-order valence-corrected chi connectivity index (χ0v) is 30.9. The number of carbonyl (C=O) groups excluding carboxylic acids is 3. The maximum absolute atomic E-state index is 13.6. The summed E-state index contributed by atoms with van der Waals surface area (Å²) in [7, 11) is -3.73. The van der Waals surface area contributed by atoms with Gasteiger partial charge in [0.1, 0.15) is 22.7 Å². The Balaban J connectivity index is 0.00000541. The van der Waals surface area contributed by atoms with Crippen LogP contribution in [0.2, 0.25) is 10.0 Å². The quantitative estimate of drug-likeness (QED) is 0.142. The molecule has 2 amide bonds. The Bertz CT molecular complexity index is 1940. The molecule has 0 bridgehead atoms. The molecule has 3 aromatic rings. The lowest BCUT2D eigenvalue weighted by Gasteiger charge is -2.25. The van der Waals surface area contributed by atoms with Crippen LogP contribution in [0.25, 0.3) is 0 Å². The second-order valence-electron chi connectivity index (χ2n) is 13.0. The monoisotopic (exact) mass is 798 g/mol. The number of alkyl halides is 2. The van der Waals surface area contributed by atoms with E-state index in [4.69, 9.17) is 32.7 Å². The van der Waals surface area contributed by atoms with E-state index in [1.807, 2.05) is 0 Å². The van der Waals surface area contributed by atoms with Crippen LogP contribution in [0.1, 0.15) is 63.6 Å². The first-order valence-electron chi connectivity index (χ1n) is 16.7. The smallest absolute Gasteiger partial charge is 0.387 e. The van der Waals surface area contributed by atoms with Gasteiger partial charge in [0.15, 0.2) is 23.9 Å². The standard InChI is InChI=1S/C35H36Cl2F2N4O8S.H2O/c1-52(47,48)43(13-12-41-10-2-3-11-41)23-7-8-24-25(15-23)34(46)42(33(24)45)19-32(44)50-30(16-26-27(36)17-40-18-28(26)37)22-6-9-29(51-35(38)39)31(14-22)49-20-21-4-5-21;/h6-9,14-15,17-18,21,30,35H,2-5,10-13,16,19-20H2,1H3;1H2/t30-;/m0./s1. The van der Waals surface area contributed by atoms with E-state index in [1.54, 1.807) is 0 Å². The highest BCUT2D eigenvalue weighted by Crippen LogP contribution is 2.38. The van der Waals surface area contributed by atoms with Crippen molar-refractivity contribution in [2.24, 2.45) is 5.92 Å². The molecule has 1 atom stereocenters. The Labute approximate surface area is 315 Å². The lowest BCUT2D eigenvalue weighted by Crippen LogP contribution is -2.37. The molecule has 0 unspecified atom stereocenters. The first-order chi connectivity index (χ1) is 24.8. The van der Waals surface area contributed by atoms with Crippen molar-refractivity contribution in [3.63, 3.8) is 0 Å². The van der Waals surface area contributed by atoms with Crippen LogP contribution in [0.5, 0.6) is 11.5 Å². The SMILES string of the molecule is CS(=O)(=O)N(CCN1CCCC1)c1ccc2c(c1)C(=O)N(CC(=O)O[C@@H](Cc1c(Cl)c[nH+]cc1Cl)c1ccc(OC(F)F)c(OCC3CC3)c1)C2=O.[OH-]. The molecule has 1 saturated carbocycles. The van der Waals surface area contributed by atoms with E-state index in [0.717, 1.165) is 49.9 Å². The topological polar surface area (TPSA) is 167 Å². The van der Waals surface area contributed by atoms with Gasteiger partial charge < -0.3 is 24.6 Å². The largest absolute Gasteiger partial charge is 0.870 e. The molecule has 3 heterocycles. The molecule has 2 aromatic carbocycles. The fourth-order valence-electron chi connectivity index (χ4n) is 6.23. The molecular weight excluding hydrogens is 761 g/mol. The van der Waals surface area contributed by atoms with E-state index in [1.165, 1.54) is 53.1 Å². The number of H-pyrrole nitrogens is 1. The summed E-state index contributed by atoms with van der Waals surface area (Å²) in [6.07, 6.45) is 6.81. The average molecular weight is 800 g/mol. The van der Waals surface area contributed by atoms with Crippen molar-refractivity contribution in [1.29, 1.82) is 0 Å². The number of halogens is 4. The minimum Gasteiger partial charge on any atom is -0.870 e. The van der Waals surface area contributed by atoms with Crippen molar-refractivity contribution >= 4 is 56.7 Å². The number of benzene rings is 2. The van der Waals surface area contributed by atoms with Gasteiger partial charge in [0.2, 0.25) is 10.0 Å². The number of aromatic amines is 1. The van der Waals surface area contributed by atoms with Crippen LogP contribution in [0, 0.1) is 5.92 Å². The van der Waals surface area contributed by atoms with Crippen LogP contribution >= 0.6 is 23.2 Å². The van der Waals surface area contributed by atoms with Gasteiger partial charge in [-0.1, -0.05) is 29.3 Å². The molecule has 0 spiro atoms. The number of sulfonamides is 1. The average Bonchev–Trinajstić information content (AvgIpc) is 3.72. The van der Waals surface area contributed by atoms with Crippen molar-refractivity contribution < 1.29 is 56.3 Å². The molecule has 2 aliphatic heterocycles. The summed E-state index contributed by atoms with van der Waals surface area (Å²) < 4.78 is 69.5. The Kier molecular flexibility index (Phi) is 12.8. The van der Waals surface area contributed by atoms with Gasteiger partial charge in [-0.05, 0) is 80.6 Å². The molecule has 18 heteroatoms. The zero-order chi connectivity index (χ0) is 37.2. The predicted octanol–water partition coefficient (Wildman–Crippen LogP) is 5.01. The molecule has 286 valence electrons. The number of rotatable bonds is 16. The highest BCUT2D eigenvalue weighted by atomic mass is 35.5. The molecule has 1 saturated heterocycles. The van der Waals surface area contributed by atoms with Crippen LogP contribution in [0.4, 0.5) is 14.5 Å². The summed E-state index contributed by atoms with van der Waals surface area (Å²) >= 11 is 12.8. The Morgan fingerprint density at radius 1 is 1.00 bits per heavy atom. The van der Waals surface area contributed by atoms with Gasteiger partial charge in [0.05, 0.1) is 29.7 Å². The minimum atomic E-state index is -3.73. The molecule has 2 fully saturated rings. The second-order valence-corrected chi connectivity index (χ2v) is 15.7. The Morgan fingerprint density at radius 3 is 2.32 bits per heavy atom. The first-order valence-corrected chi connectivity index (χ1v) is 19.3. The molecular formula is C35H38Cl2F2N4O9S. The van der Waals surface area contributed by atoms with E-state index in [2.05, 4.69) is 14.6 Å². The third-order valence-electron chi connectivity index (χ3n) is 9.13. The van der Waals surface area contributed by atoms with Gasteiger partial charge in [0, 0.05) is 25.1 Å². The summed E-state index contributed by atoms with van der Waals surface area (Å²) in [6.45, 7) is -1.19. The van der Waals surface area contributed by atoms with Gasteiger partial charge in [-0.3, -0.25) is 23.6 Å². The van der Waals surface area contributed by atoms with Crippen LogP contribution in [0.15, 0.2) is 48.8 Å². The van der Waals surface area contributed by atoms with E-state index < -0.39 is 47.1 Å². The molecule has 53 heavy (non-hydrogen) atoms. The summed E-state index contributed by atoms with van der Waals surface area (Å²) in [5.74, 6) is -2.41. The van der Waals surface area contributed by atoms with Crippen molar-refractivity contribution in [2.45, 2.75) is 44.8 Å². The summed E-state index contributed by atoms with van der Waals surface area (Å²) in [4.78, 5) is 46.2. The zero-order valence-electron chi connectivity index (χ0n) is 28.6. The number of nitrogens with zero attached hydrogens (tertiary/aromatic N) is 3. The fraction of sp³-hybridized carbons (Fsp3) is 0.429. The maximum atomic E-state index is 13.6. The number of esters is 1. The van der Waals surface area contributed by atoms with Crippen molar-refractivity contribution in [1.82, 2.24) is 9.80 Å². The normalized spacial score (nSPS) is 16.4. The fourth-order valence-corrected chi connectivity index (χ4v) is 7.68. The van der Waals surface area contributed by atoms with Crippen LogP contribution < -0.4 is 18.8 Å². The maximum Gasteiger partial charge on any atom is 0.387 e. The van der Waals surface area contributed by atoms with E-state index in [0.29, 0.717) is 17.7 Å². The van der Waals surface area contributed by atoms with Crippen LogP contribution in [-0.4, -0.2) is 93.7 Å². The predicted molar refractivity (Wildman–Crippen MR) is 188 cm³/mol. The van der Waals surface area contributed by atoms with Gasteiger partial charge in [-0.15, -0.1) is 0 Å². The number of hydrogen-bond acceptors (Lipinski definition) is 10. The Hall–Kier alpha value is -4.09. The number of pyridine rings is 1. The molecule has 13 nitrogen and oxygen atoms in total. The van der Waals surface area contributed by atoms with Gasteiger partial charge >= 0.3 is 12.6 Å². The summed E-state index contributed by atoms with van der Waals surface area (Å²) in [5, 5.41) is 0.465. The van der Waals surface area contributed by atoms with E-state index >= 15 is 0 Å². The first kappa shape index (κ1) is 40.1. The molecule has 1 aliphatic carbocycles. The number of amides is 2. The number of ether oxygens (including phenoxy) is 3. The molecule has 0 radical (unpaired) electrons. The number of nitrogens with one attached hydrogen (secondary N) is 1.